The van der Waals surface area contributed by atoms with Crippen molar-refractivity contribution in [3.8, 4) is 11.7 Å². The molecule has 0 unspecified atom stereocenters. The van der Waals surface area contributed by atoms with Gasteiger partial charge in [-0.3, -0.25) is 4.79 Å². The first-order valence-electron chi connectivity index (χ1n) is 9.91. The zero-order valence-corrected chi connectivity index (χ0v) is 17.4. The summed E-state index contributed by atoms with van der Waals surface area (Å²) in [7, 11) is 0. The second-order valence-corrected chi connectivity index (χ2v) is 7.82. The third-order valence-corrected chi connectivity index (χ3v) is 5.39. The highest BCUT2D eigenvalue weighted by atomic mass is 16.5. The van der Waals surface area contributed by atoms with Crippen LogP contribution in [0.1, 0.15) is 28.9 Å². The van der Waals surface area contributed by atoms with Gasteiger partial charge in [-0.05, 0) is 44.9 Å². The lowest BCUT2D eigenvalue weighted by molar-refractivity contribution is -0.133. The number of ether oxygens (including phenoxy) is 1. The third kappa shape index (κ3) is 4.04. The molecule has 30 heavy (non-hydrogen) atoms. The molecule has 1 aliphatic heterocycles. The van der Waals surface area contributed by atoms with E-state index in [1.165, 1.54) is 0 Å². The Morgan fingerprint density at radius 3 is 2.53 bits per heavy atom. The number of nitrogens with zero attached hydrogens (tertiary/aromatic N) is 5. The molecule has 8 heteroatoms. The number of aryl methyl sites for hydroxylation is 3. The van der Waals surface area contributed by atoms with Crippen molar-refractivity contribution >= 4 is 5.91 Å². The minimum absolute atomic E-state index is 0.155. The Balaban J connectivity index is 1.35. The fraction of sp³-hybridized carbons (Fsp3) is 0.364. The summed E-state index contributed by atoms with van der Waals surface area (Å²) in [6.45, 7) is 6.44. The summed E-state index contributed by atoms with van der Waals surface area (Å²) in [6.07, 6.45) is 0.499. The lowest BCUT2D eigenvalue weighted by Gasteiger charge is -2.24. The van der Waals surface area contributed by atoms with E-state index in [-0.39, 0.29) is 24.9 Å². The van der Waals surface area contributed by atoms with Crippen molar-refractivity contribution in [3.05, 3.63) is 65.0 Å². The molecule has 8 nitrogen and oxygen atoms in total. The van der Waals surface area contributed by atoms with Crippen molar-refractivity contribution in [1.29, 1.82) is 0 Å². The molecular weight excluding hydrogens is 382 g/mol. The summed E-state index contributed by atoms with van der Waals surface area (Å²) in [6, 6.07) is 13.1. The second-order valence-electron chi connectivity index (χ2n) is 7.82. The Bertz CT molecular complexity index is 1050. The Morgan fingerprint density at radius 2 is 1.90 bits per heavy atom. The van der Waals surface area contributed by atoms with E-state index in [4.69, 9.17) is 4.74 Å². The van der Waals surface area contributed by atoms with Gasteiger partial charge in [-0.2, -0.15) is 5.10 Å². The van der Waals surface area contributed by atoms with Crippen LogP contribution in [0.25, 0.3) is 5.82 Å². The molecule has 1 N–H and O–H groups in total. The van der Waals surface area contributed by atoms with Gasteiger partial charge in [-0.15, -0.1) is 10.2 Å². The Hall–Kier alpha value is -3.26. The predicted octanol–water partition coefficient (Wildman–Crippen LogP) is 2.09. The van der Waals surface area contributed by atoms with Crippen molar-refractivity contribution < 1.29 is 14.6 Å². The van der Waals surface area contributed by atoms with Crippen molar-refractivity contribution in [3.63, 3.8) is 0 Å². The quantitative estimate of drug-likeness (QED) is 0.696. The first-order chi connectivity index (χ1) is 14.3. The average Bonchev–Trinajstić information content (AvgIpc) is 3.30. The van der Waals surface area contributed by atoms with Crippen LogP contribution >= 0.6 is 0 Å². The van der Waals surface area contributed by atoms with E-state index in [1.807, 2.05) is 51.1 Å². The van der Waals surface area contributed by atoms with E-state index in [0.29, 0.717) is 18.8 Å². The van der Waals surface area contributed by atoms with E-state index < -0.39 is 5.60 Å². The van der Waals surface area contributed by atoms with Gasteiger partial charge in [0.15, 0.2) is 12.4 Å². The number of β-amino-alcohol motifs (C(OH)–C–C–N with tert-alkyl or cyclic N) is 1. The molecule has 1 fully saturated rings. The first kappa shape index (κ1) is 20.0. The van der Waals surface area contributed by atoms with Crippen LogP contribution in [0.15, 0.2) is 42.5 Å². The maximum absolute atomic E-state index is 12.6. The van der Waals surface area contributed by atoms with Crippen molar-refractivity contribution in [2.75, 3.05) is 19.7 Å². The minimum Gasteiger partial charge on any atom is -0.466 e. The van der Waals surface area contributed by atoms with E-state index in [9.17, 15) is 9.90 Å². The smallest absolute Gasteiger partial charge is 0.260 e. The van der Waals surface area contributed by atoms with Crippen LogP contribution in [-0.4, -0.2) is 55.6 Å². The zero-order valence-electron chi connectivity index (χ0n) is 17.4. The number of benzene rings is 1. The molecule has 3 aromatic rings. The van der Waals surface area contributed by atoms with Gasteiger partial charge >= 0.3 is 0 Å². The maximum atomic E-state index is 12.6. The molecule has 1 amide bonds. The standard InChI is InChI=1S/C22H25N5O3/c1-15-4-6-18(7-5-15)22(29)10-11-26(14-22)21(28)13-30-20-9-8-19(23-24-20)27-17(3)12-16(2)25-27/h4-9,12,29H,10-11,13-14H2,1-3H3/t22-/m1/s1. The van der Waals surface area contributed by atoms with Crippen molar-refractivity contribution in [2.45, 2.75) is 32.8 Å². The monoisotopic (exact) mass is 407 g/mol. The summed E-state index contributed by atoms with van der Waals surface area (Å²) in [4.78, 5) is 14.2. The summed E-state index contributed by atoms with van der Waals surface area (Å²) in [5.74, 6) is 0.658. The summed E-state index contributed by atoms with van der Waals surface area (Å²) < 4.78 is 7.22. The number of carbonyl (C=O) groups excluding carboxylic acids is 1. The van der Waals surface area contributed by atoms with Gasteiger partial charge in [-0.25, -0.2) is 4.68 Å². The molecule has 2 aromatic heterocycles. The maximum Gasteiger partial charge on any atom is 0.260 e. The van der Waals surface area contributed by atoms with Gasteiger partial charge in [-0.1, -0.05) is 29.8 Å². The zero-order chi connectivity index (χ0) is 21.3. The molecule has 1 aromatic carbocycles. The summed E-state index contributed by atoms with van der Waals surface area (Å²) in [5.41, 5.74) is 2.80. The number of carbonyl (C=O) groups is 1. The van der Waals surface area contributed by atoms with E-state index >= 15 is 0 Å². The van der Waals surface area contributed by atoms with Gasteiger partial charge < -0.3 is 14.7 Å². The van der Waals surface area contributed by atoms with Crippen LogP contribution in [0.5, 0.6) is 5.88 Å². The molecule has 0 aliphatic carbocycles. The highest BCUT2D eigenvalue weighted by Crippen LogP contribution is 2.32. The number of hydrogen-bond acceptors (Lipinski definition) is 6. The topological polar surface area (TPSA) is 93.4 Å². The molecule has 1 aliphatic rings. The highest BCUT2D eigenvalue weighted by Gasteiger charge is 2.39. The molecule has 156 valence electrons. The predicted molar refractivity (Wildman–Crippen MR) is 110 cm³/mol. The fourth-order valence-corrected chi connectivity index (χ4v) is 3.70. The Labute approximate surface area is 175 Å². The molecule has 4 rings (SSSR count). The first-order valence-corrected chi connectivity index (χ1v) is 9.91. The molecule has 0 spiro atoms. The van der Waals surface area contributed by atoms with Crippen LogP contribution in [0, 0.1) is 20.8 Å². The molecular formula is C22H25N5O3. The Morgan fingerprint density at radius 1 is 1.13 bits per heavy atom. The van der Waals surface area contributed by atoms with E-state index in [1.54, 1.807) is 21.7 Å². The van der Waals surface area contributed by atoms with Gasteiger partial charge in [0.25, 0.3) is 5.91 Å². The number of amides is 1. The van der Waals surface area contributed by atoms with Crippen LogP contribution in [0.4, 0.5) is 0 Å². The van der Waals surface area contributed by atoms with E-state index in [0.717, 1.165) is 22.5 Å². The summed E-state index contributed by atoms with van der Waals surface area (Å²) >= 11 is 0. The fourth-order valence-electron chi connectivity index (χ4n) is 3.70. The number of aromatic nitrogens is 4. The van der Waals surface area contributed by atoms with Crippen LogP contribution in [0.3, 0.4) is 0 Å². The molecule has 1 atom stereocenters. The molecule has 3 heterocycles. The van der Waals surface area contributed by atoms with Gasteiger partial charge in [0.1, 0.15) is 5.60 Å². The molecule has 0 saturated carbocycles. The lowest BCUT2D eigenvalue weighted by Crippen LogP contribution is -2.37. The third-order valence-electron chi connectivity index (χ3n) is 5.39. The minimum atomic E-state index is -1.02. The van der Waals surface area contributed by atoms with Crippen LogP contribution in [-0.2, 0) is 10.4 Å². The average molecular weight is 407 g/mol. The number of hydrogen-bond donors (Lipinski definition) is 1. The number of rotatable bonds is 5. The van der Waals surface area contributed by atoms with Crippen molar-refractivity contribution in [1.82, 2.24) is 24.9 Å². The molecule has 0 bridgehead atoms. The Kier molecular flexibility index (Phi) is 5.26. The summed E-state index contributed by atoms with van der Waals surface area (Å²) in [5, 5.41) is 23.5. The highest BCUT2D eigenvalue weighted by molar-refractivity contribution is 5.78. The van der Waals surface area contributed by atoms with Crippen LogP contribution in [0.2, 0.25) is 0 Å². The lowest BCUT2D eigenvalue weighted by atomic mass is 9.92. The second kappa shape index (κ2) is 7.87. The van der Waals surface area contributed by atoms with Crippen molar-refractivity contribution in [2.24, 2.45) is 0 Å². The van der Waals surface area contributed by atoms with Crippen LogP contribution < -0.4 is 4.74 Å². The number of aliphatic hydroxyl groups is 1. The largest absolute Gasteiger partial charge is 0.466 e. The molecule has 0 radical (unpaired) electrons. The van der Waals surface area contributed by atoms with Gasteiger partial charge in [0, 0.05) is 18.3 Å². The number of likely N-dealkylation sites (tertiary alicyclic amines) is 1. The normalized spacial score (nSPS) is 18.6. The van der Waals surface area contributed by atoms with E-state index in [2.05, 4.69) is 15.3 Å². The SMILES string of the molecule is Cc1ccc([C@@]2(O)CCN(C(=O)COc3ccc(-n4nc(C)cc4C)nn3)C2)cc1. The molecule has 1 saturated heterocycles. The van der Waals surface area contributed by atoms with Gasteiger partial charge in [0.05, 0.1) is 12.2 Å². The van der Waals surface area contributed by atoms with Gasteiger partial charge in [0.2, 0.25) is 5.88 Å².